The van der Waals surface area contributed by atoms with E-state index in [0.29, 0.717) is 25.8 Å². The van der Waals surface area contributed by atoms with E-state index in [2.05, 4.69) is 10.3 Å². The number of thiazole rings is 1. The summed E-state index contributed by atoms with van der Waals surface area (Å²) in [6.07, 6.45) is 4.19. The van der Waals surface area contributed by atoms with Crippen molar-refractivity contribution < 1.29 is 14.7 Å². The van der Waals surface area contributed by atoms with Crippen molar-refractivity contribution in [3.05, 3.63) is 16.6 Å². The number of aromatic nitrogens is 1. The second-order valence-electron chi connectivity index (χ2n) is 3.63. The number of carbonyl (C=O) groups is 2. The topological polar surface area (TPSA) is 79.3 Å². The van der Waals surface area contributed by atoms with Crippen LogP contribution in [0.2, 0.25) is 0 Å². The molecule has 0 saturated carbocycles. The highest BCUT2D eigenvalue weighted by Crippen LogP contribution is 2.04. The molecular weight excluding hydrogens is 240 g/mol. The van der Waals surface area contributed by atoms with Crippen molar-refractivity contribution in [1.82, 2.24) is 10.3 Å². The van der Waals surface area contributed by atoms with Gasteiger partial charge in [0.2, 0.25) is 5.91 Å². The number of aliphatic carboxylic acids is 1. The van der Waals surface area contributed by atoms with Gasteiger partial charge in [-0.3, -0.25) is 9.59 Å². The van der Waals surface area contributed by atoms with E-state index in [9.17, 15) is 9.59 Å². The van der Waals surface area contributed by atoms with Gasteiger partial charge in [0.25, 0.3) is 0 Å². The van der Waals surface area contributed by atoms with Crippen LogP contribution >= 0.6 is 11.3 Å². The molecule has 0 spiro atoms. The average Bonchev–Trinajstić information content (AvgIpc) is 2.77. The number of hydrogen-bond donors (Lipinski definition) is 2. The average molecular weight is 256 g/mol. The zero-order valence-corrected chi connectivity index (χ0v) is 10.3. The third kappa shape index (κ3) is 6.68. The van der Waals surface area contributed by atoms with E-state index in [1.165, 1.54) is 0 Å². The first-order chi connectivity index (χ1) is 8.18. The summed E-state index contributed by atoms with van der Waals surface area (Å²) in [5.41, 5.74) is 0. The van der Waals surface area contributed by atoms with Gasteiger partial charge in [0.1, 0.15) is 0 Å². The van der Waals surface area contributed by atoms with E-state index in [-0.39, 0.29) is 12.3 Å². The van der Waals surface area contributed by atoms with Crippen LogP contribution in [0.4, 0.5) is 0 Å². The first kappa shape index (κ1) is 13.6. The van der Waals surface area contributed by atoms with Gasteiger partial charge in [-0.05, 0) is 12.8 Å². The van der Waals surface area contributed by atoms with Gasteiger partial charge in [-0.1, -0.05) is 0 Å². The SMILES string of the molecule is O=C(O)CCCCC(=O)NCCc1nccs1. The molecule has 0 fully saturated rings. The Morgan fingerprint density at radius 1 is 1.35 bits per heavy atom. The third-order valence-electron chi connectivity index (χ3n) is 2.19. The Hall–Kier alpha value is -1.43. The molecule has 1 amide bonds. The lowest BCUT2D eigenvalue weighted by Gasteiger charge is -2.03. The molecule has 0 aromatic carbocycles. The van der Waals surface area contributed by atoms with Gasteiger partial charge in [0.15, 0.2) is 0 Å². The Labute approximate surface area is 104 Å². The molecule has 94 valence electrons. The second kappa shape index (κ2) is 7.78. The molecule has 1 aromatic rings. The summed E-state index contributed by atoms with van der Waals surface area (Å²) in [6.45, 7) is 0.589. The van der Waals surface area contributed by atoms with E-state index >= 15 is 0 Å². The summed E-state index contributed by atoms with van der Waals surface area (Å²) in [7, 11) is 0. The van der Waals surface area contributed by atoms with Crippen LogP contribution in [0.1, 0.15) is 30.7 Å². The summed E-state index contributed by atoms with van der Waals surface area (Å²) in [6, 6.07) is 0. The van der Waals surface area contributed by atoms with E-state index in [0.717, 1.165) is 11.4 Å². The van der Waals surface area contributed by atoms with Crippen LogP contribution in [0.15, 0.2) is 11.6 Å². The van der Waals surface area contributed by atoms with Crippen LogP contribution in [0.5, 0.6) is 0 Å². The molecule has 1 aromatic heterocycles. The van der Waals surface area contributed by atoms with Gasteiger partial charge < -0.3 is 10.4 Å². The van der Waals surface area contributed by atoms with Gasteiger partial charge in [0, 0.05) is 37.4 Å². The van der Waals surface area contributed by atoms with Gasteiger partial charge in [-0.25, -0.2) is 4.98 Å². The molecule has 5 nitrogen and oxygen atoms in total. The molecule has 0 atom stereocenters. The predicted octanol–water partition coefficient (Wildman–Crippen LogP) is 1.45. The van der Waals surface area contributed by atoms with Crippen molar-refractivity contribution in [3.8, 4) is 0 Å². The Kier molecular flexibility index (Phi) is 6.24. The third-order valence-corrected chi connectivity index (χ3v) is 3.03. The van der Waals surface area contributed by atoms with Gasteiger partial charge in [-0.2, -0.15) is 0 Å². The van der Waals surface area contributed by atoms with Gasteiger partial charge in [-0.15, -0.1) is 11.3 Å². The number of unbranched alkanes of at least 4 members (excludes halogenated alkanes) is 1. The molecule has 0 unspecified atom stereocenters. The summed E-state index contributed by atoms with van der Waals surface area (Å²) in [5.74, 6) is -0.832. The molecular formula is C11H16N2O3S. The maximum absolute atomic E-state index is 11.3. The number of amides is 1. The highest BCUT2D eigenvalue weighted by molar-refractivity contribution is 7.09. The maximum Gasteiger partial charge on any atom is 0.303 e. The fraction of sp³-hybridized carbons (Fsp3) is 0.545. The zero-order chi connectivity index (χ0) is 12.5. The first-order valence-electron chi connectivity index (χ1n) is 5.55. The molecule has 6 heteroatoms. The molecule has 1 heterocycles. The van der Waals surface area contributed by atoms with Crippen molar-refractivity contribution in [3.63, 3.8) is 0 Å². The van der Waals surface area contributed by atoms with Crippen molar-refractivity contribution in [1.29, 1.82) is 0 Å². The standard InChI is InChI=1S/C11H16N2O3S/c14-9(3-1-2-4-11(15)16)12-6-5-10-13-7-8-17-10/h7-8H,1-6H2,(H,12,14)(H,15,16). The molecule has 0 bridgehead atoms. The number of carbonyl (C=O) groups excluding carboxylic acids is 1. The van der Waals surface area contributed by atoms with E-state index in [1.54, 1.807) is 17.5 Å². The quantitative estimate of drug-likeness (QED) is 0.690. The second-order valence-corrected chi connectivity index (χ2v) is 4.61. The van der Waals surface area contributed by atoms with Crippen LogP contribution in [-0.4, -0.2) is 28.5 Å². The Morgan fingerprint density at radius 2 is 2.12 bits per heavy atom. The summed E-state index contributed by atoms with van der Waals surface area (Å²) < 4.78 is 0. The lowest BCUT2D eigenvalue weighted by Crippen LogP contribution is -2.25. The number of nitrogens with one attached hydrogen (secondary N) is 1. The van der Waals surface area contributed by atoms with Gasteiger partial charge in [0.05, 0.1) is 5.01 Å². The monoisotopic (exact) mass is 256 g/mol. The maximum atomic E-state index is 11.3. The summed E-state index contributed by atoms with van der Waals surface area (Å²) in [4.78, 5) is 25.7. The number of carboxylic acid groups (broad SMARTS) is 1. The Bertz CT molecular complexity index is 352. The van der Waals surface area contributed by atoms with Crippen molar-refractivity contribution in [2.75, 3.05) is 6.54 Å². The summed E-state index contributed by atoms with van der Waals surface area (Å²) in [5, 5.41) is 14.1. The smallest absolute Gasteiger partial charge is 0.303 e. The van der Waals surface area contributed by atoms with E-state index in [1.807, 2.05) is 5.38 Å². The molecule has 17 heavy (non-hydrogen) atoms. The zero-order valence-electron chi connectivity index (χ0n) is 9.52. The number of hydrogen-bond acceptors (Lipinski definition) is 4. The molecule has 0 saturated heterocycles. The van der Waals surface area contributed by atoms with Crippen LogP contribution in [0.25, 0.3) is 0 Å². The van der Waals surface area contributed by atoms with Crippen LogP contribution in [0, 0.1) is 0 Å². The summed E-state index contributed by atoms with van der Waals surface area (Å²) >= 11 is 1.57. The van der Waals surface area contributed by atoms with Crippen LogP contribution in [-0.2, 0) is 16.0 Å². The molecule has 0 aliphatic carbocycles. The normalized spacial score (nSPS) is 10.1. The van der Waals surface area contributed by atoms with Crippen molar-refractivity contribution in [2.24, 2.45) is 0 Å². The molecule has 0 radical (unpaired) electrons. The largest absolute Gasteiger partial charge is 0.481 e. The fourth-order valence-electron chi connectivity index (χ4n) is 1.34. The van der Waals surface area contributed by atoms with E-state index in [4.69, 9.17) is 5.11 Å². The molecule has 0 aliphatic heterocycles. The first-order valence-corrected chi connectivity index (χ1v) is 6.43. The lowest BCUT2D eigenvalue weighted by molar-refractivity contribution is -0.137. The Morgan fingerprint density at radius 3 is 2.76 bits per heavy atom. The minimum absolute atomic E-state index is 0.0213. The molecule has 1 rings (SSSR count). The van der Waals surface area contributed by atoms with E-state index < -0.39 is 5.97 Å². The highest BCUT2D eigenvalue weighted by atomic mass is 32.1. The number of rotatable bonds is 8. The van der Waals surface area contributed by atoms with Crippen LogP contribution < -0.4 is 5.32 Å². The van der Waals surface area contributed by atoms with Crippen molar-refractivity contribution >= 4 is 23.2 Å². The predicted molar refractivity (Wildman–Crippen MR) is 64.9 cm³/mol. The molecule has 0 aliphatic rings. The lowest BCUT2D eigenvalue weighted by atomic mass is 10.2. The number of nitrogens with zero attached hydrogens (tertiary/aromatic N) is 1. The minimum Gasteiger partial charge on any atom is -0.481 e. The fourth-order valence-corrected chi connectivity index (χ4v) is 1.96. The highest BCUT2D eigenvalue weighted by Gasteiger charge is 2.03. The van der Waals surface area contributed by atoms with Crippen molar-refractivity contribution in [2.45, 2.75) is 32.1 Å². The molecule has 2 N–H and O–H groups in total. The number of carboxylic acids is 1. The van der Waals surface area contributed by atoms with Gasteiger partial charge >= 0.3 is 5.97 Å². The Balaban J connectivity index is 1.99. The minimum atomic E-state index is -0.811. The van der Waals surface area contributed by atoms with Crippen LogP contribution in [0.3, 0.4) is 0 Å².